The molecule has 1 N–H and O–H groups in total. The van der Waals surface area contributed by atoms with E-state index in [4.69, 9.17) is 9.47 Å². The number of methoxy groups -OCH3 is 2. The highest BCUT2D eigenvalue weighted by Crippen LogP contribution is 2.32. The maximum Gasteiger partial charge on any atom is 0.271 e. The van der Waals surface area contributed by atoms with Gasteiger partial charge in [0.05, 0.1) is 24.0 Å². The Morgan fingerprint density at radius 1 is 1.22 bits per heavy atom. The minimum atomic E-state index is -0.241. The molecule has 0 heterocycles. The lowest BCUT2D eigenvalue weighted by atomic mass is 10.1. The Morgan fingerprint density at radius 3 is 2.61 bits per heavy atom. The molecule has 5 nitrogen and oxygen atoms in total. The fraction of sp³-hybridized carbons (Fsp3) is 0.176. The van der Waals surface area contributed by atoms with Crippen LogP contribution in [0.25, 0.3) is 0 Å². The molecule has 6 heteroatoms. The number of carbonyl (C=O) groups excluding carboxylic acids is 1. The van der Waals surface area contributed by atoms with Crippen molar-refractivity contribution in [3.05, 3.63) is 56.7 Å². The first kappa shape index (κ1) is 17.3. The highest BCUT2D eigenvalue weighted by Gasteiger charge is 2.10. The summed E-state index contributed by atoms with van der Waals surface area (Å²) in [6.07, 6.45) is 1.57. The number of amides is 1. The SMILES string of the molecule is COc1cc(/C=N\NC(=O)c2ccccc2C)cc(I)c1OC. The molecular weight excluding hydrogens is 407 g/mol. The number of hydrazone groups is 1. The van der Waals surface area contributed by atoms with Crippen molar-refractivity contribution in [2.75, 3.05) is 14.2 Å². The van der Waals surface area contributed by atoms with E-state index in [1.54, 1.807) is 32.6 Å². The topological polar surface area (TPSA) is 59.9 Å². The Hall–Kier alpha value is -2.09. The molecule has 0 aromatic heterocycles. The van der Waals surface area contributed by atoms with Gasteiger partial charge in [0, 0.05) is 5.56 Å². The molecule has 0 aliphatic heterocycles. The lowest BCUT2D eigenvalue weighted by molar-refractivity contribution is 0.0954. The Morgan fingerprint density at radius 2 is 1.96 bits per heavy atom. The zero-order valence-corrected chi connectivity index (χ0v) is 15.2. The number of hydrogen-bond acceptors (Lipinski definition) is 4. The zero-order valence-electron chi connectivity index (χ0n) is 13.1. The minimum absolute atomic E-state index is 0.241. The molecule has 2 aromatic carbocycles. The predicted molar refractivity (Wildman–Crippen MR) is 98.5 cm³/mol. The second kappa shape index (κ2) is 7.96. The third kappa shape index (κ3) is 4.22. The largest absolute Gasteiger partial charge is 0.493 e. The standard InChI is InChI=1S/C17H17IN2O3/c1-11-6-4-5-7-13(11)17(21)20-19-10-12-8-14(18)16(23-3)15(9-12)22-2/h4-10H,1-3H3,(H,20,21)/b19-10-. The number of carbonyl (C=O) groups is 1. The molecule has 0 fully saturated rings. The Balaban J connectivity index is 2.13. The van der Waals surface area contributed by atoms with Gasteiger partial charge in [-0.3, -0.25) is 4.79 Å². The summed E-state index contributed by atoms with van der Waals surface area (Å²) in [5, 5.41) is 4.01. The summed E-state index contributed by atoms with van der Waals surface area (Å²) >= 11 is 2.16. The number of hydrogen-bond donors (Lipinski definition) is 1. The zero-order chi connectivity index (χ0) is 16.8. The Kier molecular flexibility index (Phi) is 5.97. The van der Waals surface area contributed by atoms with E-state index in [0.29, 0.717) is 17.1 Å². The third-order valence-corrected chi connectivity index (χ3v) is 4.03. The minimum Gasteiger partial charge on any atom is -0.493 e. The number of rotatable bonds is 5. The molecule has 0 aliphatic rings. The summed E-state index contributed by atoms with van der Waals surface area (Å²) in [6, 6.07) is 11.0. The molecule has 0 saturated carbocycles. The lowest BCUT2D eigenvalue weighted by Gasteiger charge is -2.10. The van der Waals surface area contributed by atoms with Crippen LogP contribution in [0.3, 0.4) is 0 Å². The number of nitrogens with zero attached hydrogens (tertiary/aromatic N) is 1. The molecule has 0 unspecified atom stereocenters. The molecule has 0 bridgehead atoms. The van der Waals surface area contributed by atoms with Crippen LogP contribution in [0.5, 0.6) is 11.5 Å². The number of benzene rings is 2. The first-order valence-corrected chi connectivity index (χ1v) is 7.95. The molecule has 0 radical (unpaired) electrons. The predicted octanol–water partition coefficient (Wildman–Crippen LogP) is 3.38. The van der Waals surface area contributed by atoms with Crippen LogP contribution < -0.4 is 14.9 Å². The second-order valence-corrected chi connectivity index (χ2v) is 5.91. The molecule has 2 rings (SSSR count). The van der Waals surface area contributed by atoms with Crippen molar-refractivity contribution in [2.24, 2.45) is 5.10 Å². The van der Waals surface area contributed by atoms with Crippen LogP contribution in [0.4, 0.5) is 0 Å². The molecule has 0 spiro atoms. The molecule has 23 heavy (non-hydrogen) atoms. The van der Waals surface area contributed by atoms with E-state index in [0.717, 1.165) is 14.7 Å². The first-order chi connectivity index (χ1) is 11.1. The van der Waals surface area contributed by atoms with Crippen molar-refractivity contribution in [2.45, 2.75) is 6.92 Å². The normalized spacial score (nSPS) is 10.6. The van der Waals surface area contributed by atoms with Gasteiger partial charge in [-0.1, -0.05) is 18.2 Å². The molecule has 0 saturated heterocycles. The molecule has 0 atom stereocenters. The third-order valence-electron chi connectivity index (χ3n) is 3.23. The number of aryl methyl sites for hydroxylation is 1. The van der Waals surface area contributed by atoms with E-state index < -0.39 is 0 Å². The molecule has 2 aromatic rings. The summed E-state index contributed by atoms with van der Waals surface area (Å²) in [4.78, 5) is 12.1. The number of ether oxygens (including phenoxy) is 2. The average molecular weight is 424 g/mol. The summed E-state index contributed by atoms with van der Waals surface area (Å²) in [5.74, 6) is 1.05. The van der Waals surface area contributed by atoms with Gasteiger partial charge < -0.3 is 9.47 Å². The van der Waals surface area contributed by atoms with Crippen molar-refractivity contribution >= 4 is 34.7 Å². The van der Waals surface area contributed by atoms with E-state index in [-0.39, 0.29) is 5.91 Å². The number of halogens is 1. The maximum atomic E-state index is 12.1. The fourth-order valence-corrected chi connectivity index (χ4v) is 2.91. The van der Waals surface area contributed by atoms with E-state index >= 15 is 0 Å². The van der Waals surface area contributed by atoms with Gasteiger partial charge in [-0.25, -0.2) is 5.43 Å². The van der Waals surface area contributed by atoms with Crippen LogP contribution in [0.2, 0.25) is 0 Å². The highest BCUT2D eigenvalue weighted by molar-refractivity contribution is 14.1. The summed E-state index contributed by atoms with van der Waals surface area (Å²) in [5.41, 5.74) is 4.84. The van der Waals surface area contributed by atoms with E-state index in [1.165, 1.54) is 0 Å². The van der Waals surface area contributed by atoms with Crippen molar-refractivity contribution in [3.63, 3.8) is 0 Å². The molecule has 120 valence electrons. The lowest BCUT2D eigenvalue weighted by Crippen LogP contribution is -2.18. The van der Waals surface area contributed by atoms with Gasteiger partial charge in [-0.2, -0.15) is 5.10 Å². The van der Waals surface area contributed by atoms with Gasteiger partial charge in [0.25, 0.3) is 5.91 Å². The van der Waals surface area contributed by atoms with Gasteiger partial charge in [0.2, 0.25) is 0 Å². The average Bonchev–Trinajstić information content (AvgIpc) is 2.54. The van der Waals surface area contributed by atoms with Crippen molar-refractivity contribution in [1.29, 1.82) is 0 Å². The van der Waals surface area contributed by atoms with Gasteiger partial charge >= 0.3 is 0 Å². The second-order valence-electron chi connectivity index (χ2n) is 4.75. The van der Waals surface area contributed by atoms with Crippen molar-refractivity contribution in [1.82, 2.24) is 5.43 Å². The molecule has 0 aliphatic carbocycles. The van der Waals surface area contributed by atoms with Crippen LogP contribution in [0.1, 0.15) is 21.5 Å². The van der Waals surface area contributed by atoms with Gasteiger partial charge in [0.1, 0.15) is 0 Å². The van der Waals surface area contributed by atoms with Crippen LogP contribution in [0, 0.1) is 10.5 Å². The fourth-order valence-electron chi connectivity index (χ4n) is 2.07. The monoisotopic (exact) mass is 424 g/mol. The quantitative estimate of drug-likeness (QED) is 0.455. The highest BCUT2D eigenvalue weighted by atomic mass is 127. The van der Waals surface area contributed by atoms with Gasteiger partial charge in [-0.05, 0) is 58.8 Å². The molecular formula is C17H17IN2O3. The van der Waals surface area contributed by atoms with Crippen LogP contribution in [0.15, 0.2) is 41.5 Å². The van der Waals surface area contributed by atoms with Gasteiger partial charge in [-0.15, -0.1) is 0 Å². The van der Waals surface area contributed by atoms with E-state index in [2.05, 4.69) is 33.1 Å². The van der Waals surface area contributed by atoms with Crippen molar-refractivity contribution < 1.29 is 14.3 Å². The van der Waals surface area contributed by atoms with Crippen LogP contribution >= 0.6 is 22.6 Å². The maximum absolute atomic E-state index is 12.1. The Bertz CT molecular complexity index is 745. The molecule has 1 amide bonds. The first-order valence-electron chi connectivity index (χ1n) is 6.87. The summed E-state index contributed by atoms with van der Waals surface area (Å²) < 4.78 is 11.5. The van der Waals surface area contributed by atoms with E-state index in [1.807, 2.05) is 31.2 Å². The summed E-state index contributed by atoms with van der Waals surface area (Å²) in [6.45, 7) is 1.88. The number of nitrogens with one attached hydrogen (secondary N) is 1. The van der Waals surface area contributed by atoms with E-state index in [9.17, 15) is 4.79 Å². The smallest absolute Gasteiger partial charge is 0.271 e. The van der Waals surface area contributed by atoms with Crippen LogP contribution in [-0.2, 0) is 0 Å². The van der Waals surface area contributed by atoms with Gasteiger partial charge in [0.15, 0.2) is 11.5 Å². The van der Waals surface area contributed by atoms with Crippen LogP contribution in [-0.4, -0.2) is 26.3 Å². The summed E-state index contributed by atoms with van der Waals surface area (Å²) in [7, 11) is 3.17. The Labute approximate surface area is 148 Å². The van der Waals surface area contributed by atoms with Crippen molar-refractivity contribution in [3.8, 4) is 11.5 Å².